The third-order valence-corrected chi connectivity index (χ3v) is 3.60. The summed E-state index contributed by atoms with van der Waals surface area (Å²) >= 11 is 0. The van der Waals surface area contributed by atoms with Crippen LogP contribution in [0.4, 0.5) is 0 Å². The molecular formula is C11H14O3S. The lowest BCUT2D eigenvalue weighted by Gasteiger charge is -2.01. The summed E-state index contributed by atoms with van der Waals surface area (Å²) in [5.74, 6) is -0.0661. The Labute approximate surface area is 90.0 Å². The van der Waals surface area contributed by atoms with Crippen LogP contribution in [0.1, 0.15) is 6.92 Å². The predicted molar refractivity (Wildman–Crippen MR) is 59.3 cm³/mol. The highest BCUT2D eigenvalue weighted by atomic mass is 32.2. The van der Waals surface area contributed by atoms with E-state index in [1.807, 2.05) is 0 Å². The van der Waals surface area contributed by atoms with Gasteiger partial charge >= 0.3 is 0 Å². The number of hydrogen-bond donors (Lipinski definition) is 1. The molecule has 1 N–H and O–H groups in total. The van der Waals surface area contributed by atoms with Crippen molar-refractivity contribution >= 4 is 9.84 Å². The molecule has 0 atom stereocenters. The van der Waals surface area contributed by atoms with E-state index < -0.39 is 9.84 Å². The van der Waals surface area contributed by atoms with Gasteiger partial charge in [0.15, 0.2) is 9.84 Å². The average Bonchev–Trinajstić information content (AvgIpc) is 2.27. The topological polar surface area (TPSA) is 54.4 Å². The van der Waals surface area contributed by atoms with E-state index in [1.165, 1.54) is 6.08 Å². The Kier molecular flexibility index (Phi) is 4.05. The molecule has 0 unspecified atom stereocenters. The molecule has 0 radical (unpaired) electrons. The largest absolute Gasteiger partial charge is 0.392 e. The van der Waals surface area contributed by atoms with Crippen molar-refractivity contribution in [3.8, 4) is 0 Å². The summed E-state index contributed by atoms with van der Waals surface area (Å²) in [5, 5.41) is 8.74. The van der Waals surface area contributed by atoms with E-state index in [0.717, 1.165) is 0 Å². The number of rotatable bonds is 4. The van der Waals surface area contributed by atoms with Gasteiger partial charge in [-0.2, -0.15) is 0 Å². The minimum Gasteiger partial charge on any atom is -0.392 e. The van der Waals surface area contributed by atoms with E-state index in [0.29, 0.717) is 10.5 Å². The minimum atomic E-state index is -3.25. The van der Waals surface area contributed by atoms with Gasteiger partial charge in [0.2, 0.25) is 0 Å². The van der Waals surface area contributed by atoms with Crippen molar-refractivity contribution < 1.29 is 13.5 Å². The highest BCUT2D eigenvalue weighted by Gasteiger charge is 2.11. The zero-order chi connectivity index (χ0) is 11.3. The van der Waals surface area contributed by atoms with Crippen molar-refractivity contribution in [1.82, 2.24) is 0 Å². The van der Waals surface area contributed by atoms with Crippen molar-refractivity contribution in [2.45, 2.75) is 11.8 Å². The molecule has 0 spiro atoms. The summed E-state index contributed by atoms with van der Waals surface area (Å²) in [4.78, 5) is 0.312. The third-order valence-electron chi connectivity index (χ3n) is 2.00. The van der Waals surface area contributed by atoms with Gasteiger partial charge < -0.3 is 5.11 Å². The molecule has 4 heteroatoms. The molecule has 0 aliphatic carbocycles. The van der Waals surface area contributed by atoms with Crippen molar-refractivity contribution in [2.24, 2.45) is 0 Å². The first-order chi connectivity index (χ1) is 7.06. The molecule has 15 heavy (non-hydrogen) atoms. The standard InChI is InChI=1S/C11H14O3S/c1-10(9-12)7-8-15(13,14)11-5-3-2-4-6-11/h2-7,12H,8-9H2,1H3. The Morgan fingerprint density at radius 3 is 2.47 bits per heavy atom. The molecule has 1 aromatic rings. The second-order valence-corrected chi connectivity index (χ2v) is 5.34. The predicted octanol–water partition coefficient (Wildman–Crippen LogP) is 1.40. The van der Waals surface area contributed by atoms with Crippen LogP contribution in [0.3, 0.4) is 0 Å². The highest BCUT2D eigenvalue weighted by molar-refractivity contribution is 7.91. The maximum absolute atomic E-state index is 11.7. The normalized spacial score (nSPS) is 12.8. The number of aliphatic hydroxyl groups excluding tert-OH is 1. The van der Waals surface area contributed by atoms with Gasteiger partial charge in [-0.05, 0) is 19.1 Å². The smallest absolute Gasteiger partial charge is 0.181 e. The molecule has 0 saturated carbocycles. The fourth-order valence-corrected chi connectivity index (χ4v) is 2.31. The quantitative estimate of drug-likeness (QED) is 0.789. The molecule has 0 saturated heterocycles. The first-order valence-electron chi connectivity index (χ1n) is 4.60. The minimum absolute atomic E-state index is 0.0661. The molecule has 0 aliphatic heterocycles. The zero-order valence-electron chi connectivity index (χ0n) is 8.55. The highest BCUT2D eigenvalue weighted by Crippen LogP contribution is 2.10. The molecule has 82 valence electrons. The molecule has 0 heterocycles. The van der Waals surface area contributed by atoms with Crippen LogP contribution < -0.4 is 0 Å². The van der Waals surface area contributed by atoms with Gasteiger partial charge in [0.05, 0.1) is 17.3 Å². The van der Waals surface area contributed by atoms with Gasteiger partial charge in [-0.3, -0.25) is 0 Å². The number of sulfone groups is 1. The lowest BCUT2D eigenvalue weighted by molar-refractivity contribution is 0.331. The maximum Gasteiger partial charge on any atom is 0.181 e. The molecule has 0 bridgehead atoms. The Bertz CT molecular complexity index is 432. The number of hydrogen-bond acceptors (Lipinski definition) is 3. The van der Waals surface area contributed by atoms with Gasteiger partial charge in [-0.15, -0.1) is 0 Å². The molecule has 0 aliphatic rings. The zero-order valence-corrected chi connectivity index (χ0v) is 9.37. The van der Waals surface area contributed by atoms with Crippen LogP contribution in [0, 0.1) is 0 Å². The maximum atomic E-state index is 11.7. The first kappa shape index (κ1) is 11.9. The van der Waals surface area contributed by atoms with Gasteiger partial charge in [0.25, 0.3) is 0 Å². The van der Waals surface area contributed by atoms with Gasteiger partial charge in [-0.25, -0.2) is 8.42 Å². The molecule has 3 nitrogen and oxygen atoms in total. The van der Waals surface area contributed by atoms with Crippen LogP contribution in [-0.2, 0) is 9.84 Å². The van der Waals surface area contributed by atoms with Gasteiger partial charge in [0.1, 0.15) is 0 Å². The summed E-state index contributed by atoms with van der Waals surface area (Å²) in [5.41, 5.74) is 0.662. The average molecular weight is 226 g/mol. The van der Waals surface area contributed by atoms with E-state index in [9.17, 15) is 8.42 Å². The van der Waals surface area contributed by atoms with Crippen LogP contribution in [0.15, 0.2) is 46.9 Å². The van der Waals surface area contributed by atoms with E-state index in [4.69, 9.17) is 5.11 Å². The SMILES string of the molecule is CC(=CCS(=O)(=O)c1ccccc1)CO. The molecular weight excluding hydrogens is 212 g/mol. The van der Waals surface area contributed by atoms with Crippen LogP contribution in [0.25, 0.3) is 0 Å². The van der Waals surface area contributed by atoms with Crippen molar-refractivity contribution in [2.75, 3.05) is 12.4 Å². The summed E-state index contributed by atoms with van der Waals surface area (Å²) in [6.45, 7) is 1.59. The Hall–Kier alpha value is -1.13. The summed E-state index contributed by atoms with van der Waals surface area (Å²) in [6, 6.07) is 8.29. The van der Waals surface area contributed by atoms with E-state index in [1.54, 1.807) is 37.3 Å². The third kappa shape index (κ3) is 3.49. The molecule has 1 rings (SSSR count). The van der Waals surface area contributed by atoms with Gasteiger partial charge in [-0.1, -0.05) is 29.8 Å². The molecule has 0 fully saturated rings. The van der Waals surface area contributed by atoms with E-state index in [2.05, 4.69) is 0 Å². The Morgan fingerprint density at radius 1 is 1.33 bits per heavy atom. The molecule has 0 amide bonds. The number of aliphatic hydroxyl groups is 1. The van der Waals surface area contributed by atoms with Crippen LogP contribution in [-0.4, -0.2) is 25.9 Å². The first-order valence-corrected chi connectivity index (χ1v) is 6.26. The van der Waals surface area contributed by atoms with E-state index in [-0.39, 0.29) is 12.4 Å². The molecule has 1 aromatic carbocycles. The summed E-state index contributed by atoms with van der Waals surface area (Å²) in [7, 11) is -3.25. The van der Waals surface area contributed by atoms with Crippen LogP contribution in [0.2, 0.25) is 0 Å². The van der Waals surface area contributed by atoms with Crippen molar-refractivity contribution in [1.29, 1.82) is 0 Å². The number of benzene rings is 1. The van der Waals surface area contributed by atoms with Gasteiger partial charge in [0, 0.05) is 0 Å². The second kappa shape index (κ2) is 5.09. The van der Waals surface area contributed by atoms with E-state index >= 15 is 0 Å². The van der Waals surface area contributed by atoms with Crippen molar-refractivity contribution in [3.63, 3.8) is 0 Å². The Balaban J connectivity index is 2.87. The lowest BCUT2D eigenvalue weighted by atomic mass is 10.3. The Morgan fingerprint density at radius 2 is 1.93 bits per heavy atom. The van der Waals surface area contributed by atoms with Crippen molar-refractivity contribution in [3.05, 3.63) is 42.0 Å². The summed E-state index contributed by atoms with van der Waals surface area (Å²) < 4.78 is 23.5. The van der Waals surface area contributed by atoms with Crippen LogP contribution in [0.5, 0.6) is 0 Å². The lowest BCUT2D eigenvalue weighted by Crippen LogP contribution is -2.05. The fraction of sp³-hybridized carbons (Fsp3) is 0.273. The monoisotopic (exact) mass is 226 g/mol. The second-order valence-electron chi connectivity index (χ2n) is 3.30. The molecule has 0 aromatic heterocycles. The summed E-state index contributed by atoms with van der Waals surface area (Å²) in [6.07, 6.45) is 1.53. The van der Waals surface area contributed by atoms with Crippen LogP contribution >= 0.6 is 0 Å². The fourth-order valence-electron chi connectivity index (χ4n) is 1.04.